The molecule has 0 saturated carbocycles. The summed E-state index contributed by atoms with van der Waals surface area (Å²) in [6, 6.07) is 6.81. The highest BCUT2D eigenvalue weighted by Gasteiger charge is 2.21. The van der Waals surface area contributed by atoms with Crippen molar-refractivity contribution in [2.75, 3.05) is 13.7 Å². The van der Waals surface area contributed by atoms with Gasteiger partial charge in [-0.15, -0.1) is 0 Å². The number of nitrogens with one attached hydrogen (secondary N) is 1. The average molecular weight is 287 g/mol. The Morgan fingerprint density at radius 1 is 1.33 bits per heavy atom. The zero-order valence-corrected chi connectivity index (χ0v) is 13.6. The number of hydrogen-bond acceptors (Lipinski definition) is 3. The first-order valence-electron chi connectivity index (χ1n) is 7.42. The predicted octanol–water partition coefficient (Wildman–Crippen LogP) is 2.94. The maximum absolute atomic E-state index is 5.46. The Hall–Kier alpha value is -1.81. The van der Waals surface area contributed by atoms with Crippen LogP contribution >= 0.6 is 0 Å². The first-order chi connectivity index (χ1) is 10.1. The van der Waals surface area contributed by atoms with Gasteiger partial charge in [0, 0.05) is 7.05 Å². The second-order valence-electron chi connectivity index (χ2n) is 5.47. The maximum Gasteiger partial charge on any atom is 0.161 e. The van der Waals surface area contributed by atoms with Crippen LogP contribution in [0.2, 0.25) is 0 Å². The Morgan fingerprint density at radius 2 is 2.10 bits per heavy atom. The third kappa shape index (κ3) is 3.45. The van der Waals surface area contributed by atoms with Gasteiger partial charge in [-0.2, -0.15) is 5.10 Å². The van der Waals surface area contributed by atoms with Gasteiger partial charge in [-0.05, 0) is 37.9 Å². The minimum Gasteiger partial charge on any atom is -0.493 e. The monoisotopic (exact) mass is 287 g/mol. The summed E-state index contributed by atoms with van der Waals surface area (Å²) >= 11 is 0. The minimum atomic E-state index is 0.193. The fourth-order valence-corrected chi connectivity index (χ4v) is 2.73. The van der Waals surface area contributed by atoms with Crippen molar-refractivity contribution in [3.05, 3.63) is 46.8 Å². The molecule has 1 unspecified atom stereocenters. The fraction of sp³-hybridized carbons (Fsp3) is 0.471. The van der Waals surface area contributed by atoms with Crippen LogP contribution in [-0.4, -0.2) is 23.4 Å². The third-order valence-electron chi connectivity index (χ3n) is 3.88. The number of rotatable bonds is 6. The molecule has 21 heavy (non-hydrogen) atoms. The molecule has 0 bridgehead atoms. The van der Waals surface area contributed by atoms with Crippen LogP contribution in [0, 0.1) is 13.8 Å². The average Bonchev–Trinajstić information content (AvgIpc) is 2.83. The van der Waals surface area contributed by atoms with E-state index in [4.69, 9.17) is 4.74 Å². The number of nitrogens with zero attached hydrogens (tertiary/aromatic N) is 2. The van der Waals surface area contributed by atoms with E-state index in [-0.39, 0.29) is 6.04 Å². The van der Waals surface area contributed by atoms with E-state index in [1.807, 2.05) is 11.7 Å². The van der Waals surface area contributed by atoms with Crippen LogP contribution in [0.3, 0.4) is 0 Å². The molecule has 4 nitrogen and oxygen atoms in total. The largest absolute Gasteiger partial charge is 0.493 e. The second kappa shape index (κ2) is 6.76. The van der Waals surface area contributed by atoms with Crippen molar-refractivity contribution in [2.45, 2.75) is 33.2 Å². The molecule has 114 valence electrons. The van der Waals surface area contributed by atoms with Gasteiger partial charge in [-0.1, -0.05) is 30.7 Å². The summed E-state index contributed by atoms with van der Waals surface area (Å²) in [6.07, 6.45) is 2.71. The Bertz CT molecular complexity index is 604. The van der Waals surface area contributed by atoms with Gasteiger partial charge in [-0.25, -0.2) is 0 Å². The van der Waals surface area contributed by atoms with E-state index >= 15 is 0 Å². The molecule has 0 aliphatic heterocycles. The Kier molecular flexibility index (Phi) is 5.02. The van der Waals surface area contributed by atoms with E-state index in [1.54, 1.807) is 13.3 Å². The van der Waals surface area contributed by atoms with Crippen molar-refractivity contribution >= 4 is 0 Å². The molecule has 0 radical (unpaired) electrons. The van der Waals surface area contributed by atoms with Crippen molar-refractivity contribution in [1.82, 2.24) is 15.1 Å². The third-order valence-corrected chi connectivity index (χ3v) is 3.88. The lowest BCUT2D eigenvalue weighted by atomic mass is 9.97. The van der Waals surface area contributed by atoms with Crippen LogP contribution in [-0.2, 0) is 13.5 Å². The first-order valence-corrected chi connectivity index (χ1v) is 7.42. The topological polar surface area (TPSA) is 39.1 Å². The molecular formula is C17H25N3O. The van der Waals surface area contributed by atoms with E-state index in [2.05, 4.69) is 49.4 Å². The number of hydrogen-bond donors (Lipinski definition) is 1. The number of likely N-dealkylation sites (N-methyl/N-ethyl adjacent to an activating group) is 1. The van der Waals surface area contributed by atoms with E-state index in [0.717, 1.165) is 24.4 Å². The summed E-state index contributed by atoms with van der Waals surface area (Å²) in [5.41, 5.74) is 5.08. The number of ether oxygens (including phenoxy) is 1. The molecule has 0 saturated heterocycles. The van der Waals surface area contributed by atoms with Crippen molar-refractivity contribution in [1.29, 1.82) is 0 Å². The molecule has 1 atom stereocenters. The number of benzene rings is 1. The second-order valence-corrected chi connectivity index (χ2v) is 5.47. The van der Waals surface area contributed by atoms with Gasteiger partial charge >= 0.3 is 0 Å². The number of aryl methyl sites for hydroxylation is 3. The highest BCUT2D eigenvalue weighted by Crippen LogP contribution is 2.28. The molecule has 1 aromatic carbocycles. The van der Waals surface area contributed by atoms with Crippen LogP contribution in [0.4, 0.5) is 0 Å². The summed E-state index contributed by atoms with van der Waals surface area (Å²) < 4.78 is 7.36. The Labute approximate surface area is 127 Å². The van der Waals surface area contributed by atoms with Crippen LogP contribution in [0.1, 0.15) is 35.3 Å². The van der Waals surface area contributed by atoms with Crippen molar-refractivity contribution in [2.24, 2.45) is 7.05 Å². The summed E-state index contributed by atoms with van der Waals surface area (Å²) in [7, 11) is 3.66. The zero-order valence-electron chi connectivity index (χ0n) is 13.6. The van der Waals surface area contributed by atoms with E-state index < -0.39 is 0 Å². The summed E-state index contributed by atoms with van der Waals surface area (Å²) in [5.74, 6) is 0.841. The molecule has 2 aromatic rings. The maximum atomic E-state index is 5.46. The van der Waals surface area contributed by atoms with Crippen LogP contribution in [0.25, 0.3) is 0 Å². The molecule has 0 spiro atoms. The van der Waals surface area contributed by atoms with Gasteiger partial charge < -0.3 is 10.1 Å². The van der Waals surface area contributed by atoms with Gasteiger partial charge in [0.15, 0.2) is 5.75 Å². The van der Waals surface area contributed by atoms with E-state index in [9.17, 15) is 0 Å². The van der Waals surface area contributed by atoms with Gasteiger partial charge in [-0.3, -0.25) is 4.68 Å². The van der Waals surface area contributed by atoms with Crippen molar-refractivity contribution in [3.63, 3.8) is 0 Å². The Morgan fingerprint density at radius 3 is 2.76 bits per heavy atom. The van der Waals surface area contributed by atoms with Crippen LogP contribution < -0.4 is 10.1 Å². The molecule has 4 heteroatoms. The molecule has 1 heterocycles. The van der Waals surface area contributed by atoms with E-state index in [0.29, 0.717) is 0 Å². The molecule has 0 aliphatic rings. The van der Waals surface area contributed by atoms with Gasteiger partial charge in [0.2, 0.25) is 0 Å². The number of aromatic nitrogens is 2. The van der Waals surface area contributed by atoms with Crippen molar-refractivity contribution in [3.8, 4) is 5.75 Å². The van der Waals surface area contributed by atoms with Gasteiger partial charge in [0.25, 0.3) is 0 Å². The van der Waals surface area contributed by atoms with E-state index in [1.165, 1.54) is 16.7 Å². The van der Waals surface area contributed by atoms with Crippen LogP contribution in [0.15, 0.2) is 24.4 Å². The zero-order chi connectivity index (χ0) is 15.4. The molecule has 1 N–H and O–H groups in total. The van der Waals surface area contributed by atoms with Crippen molar-refractivity contribution < 1.29 is 4.74 Å². The summed E-state index contributed by atoms with van der Waals surface area (Å²) in [4.78, 5) is 0. The summed E-state index contributed by atoms with van der Waals surface area (Å²) in [6.45, 7) is 7.33. The quantitative estimate of drug-likeness (QED) is 0.888. The number of methoxy groups -OCH3 is 1. The molecule has 0 amide bonds. The fourth-order valence-electron chi connectivity index (χ4n) is 2.73. The predicted molar refractivity (Wildman–Crippen MR) is 85.8 cm³/mol. The Balaban J connectivity index is 2.35. The highest BCUT2D eigenvalue weighted by molar-refractivity contribution is 5.34. The van der Waals surface area contributed by atoms with Crippen LogP contribution in [0.5, 0.6) is 5.75 Å². The SMILES string of the molecule is CCNC(Cc1cc(C)ccc1C)c1c(OC)cnn1C. The molecular weight excluding hydrogens is 262 g/mol. The minimum absolute atomic E-state index is 0.193. The lowest BCUT2D eigenvalue weighted by molar-refractivity contribution is 0.394. The molecule has 1 aromatic heterocycles. The van der Waals surface area contributed by atoms with Gasteiger partial charge in [0.05, 0.1) is 25.0 Å². The first kappa shape index (κ1) is 15.6. The normalized spacial score (nSPS) is 12.4. The molecule has 0 aliphatic carbocycles. The highest BCUT2D eigenvalue weighted by atomic mass is 16.5. The summed E-state index contributed by atoms with van der Waals surface area (Å²) in [5, 5.41) is 7.88. The lowest BCUT2D eigenvalue weighted by Gasteiger charge is -2.21. The molecule has 2 rings (SSSR count). The standard InChI is InChI=1S/C17H25N3O/c1-6-18-15(17-16(21-5)11-19-20(17)4)10-14-9-12(2)7-8-13(14)3/h7-9,11,15,18H,6,10H2,1-5H3. The molecule has 0 fully saturated rings. The lowest BCUT2D eigenvalue weighted by Crippen LogP contribution is -2.26. The van der Waals surface area contributed by atoms with Gasteiger partial charge in [0.1, 0.15) is 0 Å². The smallest absolute Gasteiger partial charge is 0.161 e.